The van der Waals surface area contributed by atoms with Gasteiger partial charge in [0.1, 0.15) is 5.25 Å². The summed E-state index contributed by atoms with van der Waals surface area (Å²) in [7, 11) is -8.53. The molecular weight excluding hydrogens is 235 g/mol. The van der Waals surface area contributed by atoms with E-state index in [1.807, 2.05) is 0 Å². The molecule has 1 unspecified atom stereocenters. The van der Waals surface area contributed by atoms with E-state index in [1.54, 1.807) is 0 Å². The van der Waals surface area contributed by atoms with Gasteiger partial charge in [0, 0.05) is 0 Å². The molecule has 0 N–H and O–H groups in total. The van der Waals surface area contributed by atoms with Gasteiger partial charge < -0.3 is 0 Å². The molecule has 0 saturated carbocycles. The van der Waals surface area contributed by atoms with Gasteiger partial charge in [0.25, 0.3) is 10.1 Å². The third-order valence-corrected chi connectivity index (χ3v) is 4.24. The highest BCUT2D eigenvalue weighted by Crippen LogP contribution is 2.08. The number of rotatable bonds is 5. The van der Waals surface area contributed by atoms with Crippen LogP contribution in [0.2, 0.25) is 0 Å². The minimum Gasteiger partial charge on any atom is -0.268 e. The summed E-state index contributed by atoms with van der Waals surface area (Å²) in [6, 6.07) is 0. The number of halogens is 1. The monoisotopic (exact) mass is 248 g/mol. The average molecular weight is 248 g/mol. The zero-order chi connectivity index (χ0) is 11.6. The standard InChI is InChI=1S/C6H13FO5S2/c1-5(2)14(10,11)12-4-6(3)13(7,8)9/h5-6H,4H2,1-3H3. The summed E-state index contributed by atoms with van der Waals surface area (Å²) in [5, 5.41) is -2.26. The van der Waals surface area contributed by atoms with Crippen LogP contribution in [0.1, 0.15) is 20.8 Å². The normalized spacial score (nSPS) is 15.8. The summed E-state index contributed by atoms with van der Waals surface area (Å²) < 4.78 is 59.2. The number of hydrogen-bond acceptors (Lipinski definition) is 5. The van der Waals surface area contributed by atoms with Crippen molar-refractivity contribution in [1.82, 2.24) is 0 Å². The van der Waals surface area contributed by atoms with E-state index in [4.69, 9.17) is 0 Å². The highest BCUT2D eigenvalue weighted by atomic mass is 32.3. The van der Waals surface area contributed by atoms with Gasteiger partial charge in [-0.1, -0.05) is 0 Å². The molecule has 8 heteroatoms. The van der Waals surface area contributed by atoms with E-state index in [2.05, 4.69) is 4.18 Å². The van der Waals surface area contributed by atoms with Gasteiger partial charge >= 0.3 is 10.2 Å². The molecule has 86 valence electrons. The zero-order valence-corrected chi connectivity index (χ0v) is 9.73. The van der Waals surface area contributed by atoms with Gasteiger partial charge in [-0.25, -0.2) is 0 Å². The SMILES string of the molecule is CC(COS(=O)(=O)C(C)C)S(=O)(=O)F. The van der Waals surface area contributed by atoms with E-state index < -0.39 is 37.4 Å². The lowest BCUT2D eigenvalue weighted by molar-refractivity contribution is 0.311. The Morgan fingerprint density at radius 3 is 1.86 bits per heavy atom. The highest BCUT2D eigenvalue weighted by molar-refractivity contribution is 7.88. The molecule has 0 radical (unpaired) electrons. The predicted molar refractivity (Wildman–Crippen MR) is 49.5 cm³/mol. The summed E-state index contributed by atoms with van der Waals surface area (Å²) in [6.07, 6.45) is 0. The second kappa shape index (κ2) is 4.54. The van der Waals surface area contributed by atoms with Crippen LogP contribution in [0.5, 0.6) is 0 Å². The van der Waals surface area contributed by atoms with E-state index in [9.17, 15) is 20.7 Å². The fraction of sp³-hybridized carbons (Fsp3) is 1.00. The van der Waals surface area contributed by atoms with E-state index in [0.717, 1.165) is 6.92 Å². The lowest BCUT2D eigenvalue weighted by Gasteiger charge is -2.10. The van der Waals surface area contributed by atoms with Crippen molar-refractivity contribution in [3.05, 3.63) is 0 Å². The van der Waals surface area contributed by atoms with E-state index >= 15 is 0 Å². The zero-order valence-electron chi connectivity index (χ0n) is 8.10. The lowest BCUT2D eigenvalue weighted by Crippen LogP contribution is -2.25. The summed E-state index contributed by atoms with van der Waals surface area (Å²) in [5.74, 6) is 0. The Kier molecular flexibility index (Phi) is 4.47. The molecule has 14 heavy (non-hydrogen) atoms. The summed E-state index contributed by atoms with van der Waals surface area (Å²) >= 11 is 0. The van der Waals surface area contributed by atoms with Gasteiger partial charge in [-0.05, 0) is 20.8 Å². The molecule has 0 aromatic rings. The van der Waals surface area contributed by atoms with Crippen LogP contribution in [0.15, 0.2) is 0 Å². The van der Waals surface area contributed by atoms with Crippen molar-refractivity contribution < 1.29 is 24.9 Å². The Balaban J connectivity index is 4.36. The summed E-state index contributed by atoms with van der Waals surface area (Å²) in [5.41, 5.74) is 0. The number of hydrogen-bond donors (Lipinski definition) is 0. The molecule has 0 spiro atoms. The maximum atomic E-state index is 12.3. The molecule has 0 aliphatic rings. The Labute approximate surface area is 83.6 Å². The van der Waals surface area contributed by atoms with Gasteiger partial charge in [-0.3, -0.25) is 4.18 Å². The Bertz CT molecular complexity index is 369. The van der Waals surface area contributed by atoms with Crippen molar-refractivity contribution in [1.29, 1.82) is 0 Å². The van der Waals surface area contributed by atoms with Gasteiger partial charge in [-0.2, -0.15) is 16.8 Å². The second-order valence-corrected chi connectivity index (χ2v) is 7.03. The molecule has 0 aromatic carbocycles. The molecule has 0 heterocycles. The summed E-state index contributed by atoms with van der Waals surface area (Å²) in [4.78, 5) is 0. The fourth-order valence-electron chi connectivity index (χ4n) is 0.408. The van der Waals surface area contributed by atoms with Crippen LogP contribution in [0.4, 0.5) is 3.89 Å². The third kappa shape index (κ3) is 4.34. The molecule has 0 saturated heterocycles. The van der Waals surface area contributed by atoms with Crippen LogP contribution < -0.4 is 0 Å². The van der Waals surface area contributed by atoms with Gasteiger partial charge in [0.15, 0.2) is 0 Å². The molecule has 0 aliphatic carbocycles. The molecule has 1 atom stereocenters. The van der Waals surface area contributed by atoms with Gasteiger partial charge in [0.05, 0.1) is 11.9 Å². The van der Waals surface area contributed by atoms with Gasteiger partial charge in [-0.15, -0.1) is 3.89 Å². The van der Waals surface area contributed by atoms with Crippen molar-refractivity contribution in [3.63, 3.8) is 0 Å². The smallest absolute Gasteiger partial charge is 0.268 e. The maximum absolute atomic E-state index is 12.3. The van der Waals surface area contributed by atoms with Crippen LogP contribution in [-0.2, 0) is 24.5 Å². The quantitative estimate of drug-likeness (QED) is 0.521. The Hall–Kier alpha value is -0.210. The van der Waals surface area contributed by atoms with Crippen molar-refractivity contribution in [2.24, 2.45) is 0 Å². The Morgan fingerprint density at radius 2 is 1.57 bits per heavy atom. The Morgan fingerprint density at radius 1 is 1.14 bits per heavy atom. The van der Waals surface area contributed by atoms with Crippen LogP contribution in [-0.4, -0.2) is 33.9 Å². The van der Waals surface area contributed by atoms with E-state index in [1.165, 1.54) is 13.8 Å². The minimum atomic E-state index is -4.74. The second-order valence-electron chi connectivity index (χ2n) is 3.11. The first kappa shape index (κ1) is 13.8. The molecule has 0 bridgehead atoms. The largest absolute Gasteiger partial charge is 0.307 e. The van der Waals surface area contributed by atoms with E-state index in [0.29, 0.717) is 0 Å². The van der Waals surface area contributed by atoms with Gasteiger partial charge in [0.2, 0.25) is 0 Å². The topological polar surface area (TPSA) is 77.5 Å². The van der Waals surface area contributed by atoms with Crippen molar-refractivity contribution in [2.45, 2.75) is 31.3 Å². The first-order valence-corrected chi connectivity index (χ1v) is 6.81. The fourth-order valence-corrected chi connectivity index (χ4v) is 1.39. The molecule has 0 rings (SSSR count). The molecule has 5 nitrogen and oxygen atoms in total. The van der Waals surface area contributed by atoms with Crippen LogP contribution in [0, 0.1) is 0 Å². The van der Waals surface area contributed by atoms with E-state index in [-0.39, 0.29) is 0 Å². The van der Waals surface area contributed by atoms with Crippen molar-refractivity contribution >= 4 is 20.3 Å². The van der Waals surface area contributed by atoms with Crippen molar-refractivity contribution in [3.8, 4) is 0 Å². The lowest BCUT2D eigenvalue weighted by atomic mass is 10.5. The van der Waals surface area contributed by atoms with Crippen LogP contribution >= 0.6 is 0 Å². The molecule has 0 aromatic heterocycles. The minimum absolute atomic E-state index is 0.695. The van der Waals surface area contributed by atoms with Crippen LogP contribution in [0.3, 0.4) is 0 Å². The molecule has 0 amide bonds. The van der Waals surface area contributed by atoms with Crippen LogP contribution in [0.25, 0.3) is 0 Å². The maximum Gasteiger partial charge on any atom is 0.307 e. The first-order valence-electron chi connectivity index (χ1n) is 3.89. The molecule has 0 fully saturated rings. The van der Waals surface area contributed by atoms with Crippen molar-refractivity contribution in [2.75, 3.05) is 6.61 Å². The average Bonchev–Trinajstić information content (AvgIpc) is 1.98. The first-order chi connectivity index (χ1) is 6.07. The predicted octanol–water partition coefficient (Wildman–Crippen LogP) is 0.429. The highest BCUT2D eigenvalue weighted by Gasteiger charge is 2.24. The third-order valence-electron chi connectivity index (χ3n) is 1.52. The summed E-state index contributed by atoms with van der Waals surface area (Å²) in [6.45, 7) is 3.10. The molecular formula is C6H13FO5S2. The molecule has 0 aliphatic heterocycles.